The molecule has 1 N–H and O–H groups in total. The van der Waals surface area contributed by atoms with Gasteiger partial charge in [-0.05, 0) is 37.3 Å². The monoisotopic (exact) mass is 409 g/mol. The minimum Gasteiger partial charge on any atom is -0.465 e. The summed E-state index contributed by atoms with van der Waals surface area (Å²) in [6, 6.07) is 10.9. The van der Waals surface area contributed by atoms with Crippen molar-refractivity contribution in [3.63, 3.8) is 0 Å². The maximum Gasteiger partial charge on any atom is 0.337 e. The van der Waals surface area contributed by atoms with Gasteiger partial charge in [-0.1, -0.05) is 12.1 Å². The van der Waals surface area contributed by atoms with E-state index in [4.69, 9.17) is 0 Å². The number of methoxy groups -OCH3 is 2. The minimum absolute atomic E-state index is 0.0661. The van der Waals surface area contributed by atoms with E-state index in [1.807, 2.05) is 0 Å². The first-order chi connectivity index (χ1) is 14.3. The molecule has 0 bridgehead atoms. The van der Waals surface area contributed by atoms with Crippen LogP contribution in [0.4, 0.5) is 5.69 Å². The van der Waals surface area contributed by atoms with Crippen LogP contribution >= 0.6 is 0 Å². The number of esters is 2. The molecule has 3 rings (SSSR count). The Bertz CT molecular complexity index is 1180. The number of ether oxygens (including phenoxy) is 2. The number of hydrogen-bond acceptors (Lipinski definition) is 7. The summed E-state index contributed by atoms with van der Waals surface area (Å²) in [6.45, 7) is 1.34. The predicted molar refractivity (Wildman–Crippen MR) is 108 cm³/mol. The molecule has 0 aliphatic heterocycles. The number of benzene rings is 2. The Morgan fingerprint density at radius 1 is 1.00 bits per heavy atom. The summed E-state index contributed by atoms with van der Waals surface area (Å²) in [6.07, 6.45) is 0. The van der Waals surface area contributed by atoms with Crippen LogP contribution in [-0.2, 0) is 20.8 Å². The molecule has 9 heteroatoms. The molecule has 1 heterocycles. The highest BCUT2D eigenvalue weighted by molar-refractivity contribution is 5.99. The second-order valence-electron chi connectivity index (χ2n) is 6.40. The largest absolute Gasteiger partial charge is 0.465 e. The van der Waals surface area contributed by atoms with E-state index in [0.717, 1.165) is 0 Å². The molecule has 1 aromatic heterocycles. The number of aromatic nitrogens is 2. The molecular weight excluding hydrogens is 390 g/mol. The summed E-state index contributed by atoms with van der Waals surface area (Å²) >= 11 is 0. The number of rotatable bonds is 5. The Hall–Kier alpha value is -4.01. The Kier molecular flexibility index (Phi) is 5.91. The van der Waals surface area contributed by atoms with Gasteiger partial charge in [0.25, 0.3) is 5.56 Å². The van der Waals surface area contributed by atoms with E-state index < -0.39 is 17.8 Å². The number of para-hydroxylation sites is 1. The van der Waals surface area contributed by atoms with Crippen LogP contribution in [0, 0.1) is 6.92 Å². The number of anilines is 1. The summed E-state index contributed by atoms with van der Waals surface area (Å²) in [7, 11) is 2.40. The van der Waals surface area contributed by atoms with Gasteiger partial charge in [0.15, 0.2) is 0 Å². The van der Waals surface area contributed by atoms with Crippen molar-refractivity contribution in [1.29, 1.82) is 0 Å². The second kappa shape index (κ2) is 8.56. The van der Waals surface area contributed by atoms with Gasteiger partial charge < -0.3 is 14.8 Å². The topological polar surface area (TPSA) is 117 Å². The maximum atomic E-state index is 12.7. The van der Waals surface area contributed by atoms with Crippen molar-refractivity contribution in [3.05, 3.63) is 69.8 Å². The standard InChI is InChI=1S/C21H19N3O6/c1-12-22-17-7-5-4-6-16(17)19(26)24(12)11-18(25)23-15-9-13(20(27)29-2)8-14(10-15)21(28)30-3/h4-10H,11H2,1-3H3,(H,23,25). The van der Waals surface area contributed by atoms with E-state index in [0.29, 0.717) is 16.7 Å². The van der Waals surface area contributed by atoms with Crippen molar-refractivity contribution in [2.45, 2.75) is 13.5 Å². The molecule has 9 nitrogen and oxygen atoms in total. The summed E-state index contributed by atoms with van der Waals surface area (Å²) < 4.78 is 10.6. The molecule has 0 saturated carbocycles. The molecule has 0 aliphatic rings. The third-order valence-corrected chi connectivity index (χ3v) is 4.41. The summed E-state index contributed by atoms with van der Waals surface area (Å²) in [5, 5.41) is 2.99. The lowest BCUT2D eigenvalue weighted by atomic mass is 10.1. The van der Waals surface area contributed by atoms with Gasteiger partial charge >= 0.3 is 11.9 Å². The van der Waals surface area contributed by atoms with Crippen LogP contribution in [0.3, 0.4) is 0 Å². The summed E-state index contributed by atoms with van der Waals surface area (Å²) in [5.41, 5.74) is 0.521. The molecule has 154 valence electrons. The zero-order valence-electron chi connectivity index (χ0n) is 16.6. The average molecular weight is 409 g/mol. The van der Waals surface area contributed by atoms with Gasteiger partial charge in [0.05, 0.1) is 36.2 Å². The summed E-state index contributed by atoms with van der Waals surface area (Å²) in [4.78, 5) is 53.4. The Labute approximate surface area is 171 Å². The molecule has 0 fully saturated rings. The highest BCUT2D eigenvalue weighted by atomic mass is 16.5. The minimum atomic E-state index is -0.679. The van der Waals surface area contributed by atoms with E-state index in [2.05, 4.69) is 19.8 Å². The molecule has 0 spiro atoms. The number of amides is 1. The zero-order chi connectivity index (χ0) is 21.8. The third-order valence-electron chi connectivity index (χ3n) is 4.41. The average Bonchev–Trinajstić information content (AvgIpc) is 2.75. The van der Waals surface area contributed by atoms with Gasteiger partial charge in [-0.3, -0.25) is 14.2 Å². The Balaban J connectivity index is 1.91. The molecule has 0 unspecified atom stereocenters. The Morgan fingerprint density at radius 2 is 1.60 bits per heavy atom. The molecule has 0 aliphatic carbocycles. The molecule has 30 heavy (non-hydrogen) atoms. The van der Waals surface area contributed by atoms with Crippen molar-refractivity contribution in [1.82, 2.24) is 9.55 Å². The fourth-order valence-electron chi connectivity index (χ4n) is 2.98. The molecule has 3 aromatic rings. The van der Waals surface area contributed by atoms with Crippen molar-refractivity contribution in [2.24, 2.45) is 0 Å². The number of hydrogen-bond donors (Lipinski definition) is 1. The maximum absolute atomic E-state index is 12.7. The van der Waals surface area contributed by atoms with Gasteiger partial charge in [-0.15, -0.1) is 0 Å². The lowest BCUT2D eigenvalue weighted by Crippen LogP contribution is -2.30. The Morgan fingerprint density at radius 3 is 2.20 bits per heavy atom. The van der Waals surface area contributed by atoms with E-state index in [1.54, 1.807) is 31.2 Å². The van der Waals surface area contributed by atoms with Crippen LogP contribution in [-0.4, -0.2) is 41.6 Å². The van der Waals surface area contributed by atoms with Crippen molar-refractivity contribution >= 4 is 34.4 Å². The van der Waals surface area contributed by atoms with Crippen LogP contribution < -0.4 is 10.9 Å². The highest BCUT2D eigenvalue weighted by Crippen LogP contribution is 2.17. The van der Waals surface area contributed by atoms with Gasteiger partial charge in [0.2, 0.25) is 5.91 Å². The SMILES string of the molecule is COC(=O)c1cc(NC(=O)Cn2c(C)nc3ccccc3c2=O)cc(C(=O)OC)c1. The number of nitrogens with zero attached hydrogens (tertiary/aromatic N) is 2. The van der Waals surface area contributed by atoms with Gasteiger partial charge in [0.1, 0.15) is 12.4 Å². The van der Waals surface area contributed by atoms with E-state index >= 15 is 0 Å². The van der Waals surface area contributed by atoms with E-state index in [9.17, 15) is 19.2 Å². The molecule has 0 radical (unpaired) electrons. The lowest BCUT2D eigenvalue weighted by molar-refractivity contribution is -0.116. The summed E-state index contributed by atoms with van der Waals surface area (Å²) in [5.74, 6) is -1.51. The van der Waals surface area contributed by atoms with Crippen LogP contribution in [0.25, 0.3) is 10.9 Å². The van der Waals surface area contributed by atoms with Crippen LogP contribution in [0.1, 0.15) is 26.5 Å². The first-order valence-electron chi connectivity index (χ1n) is 8.91. The first-order valence-corrected chi connectivity index (χ1v) is 8.91. The zero-order valence-corrected chi connectivity index (χ0v) is 16.6. The third kappa shape index (κ3) is 4.19. The second-order valence-corrected chi connectivity index (χ2v) is 6.40. The number of carbonyl (C=O) groups excluding carboxylic acids is 3. The molecule has 1 amide bonds. The molecule has 2 aromatic carbocycles. The van der Waals surface area contributed by atoms with Crippen LogP contribution in [0.5, 0.6) is 0 Å². The van der Waals surface area contributed by atoms with Crippen molar-refractivity contribution in [2.75, 3.05) is 19.5 Å². The van der Waals surface area contributed by atoms with Gasteiger partial charge in [0, 0.05) is 5.69 Å². The van der Waals surface area contributed by atoms with Crippen LogP contribution in [0.2, 0.25) is 0 Å². The van der Waals surface area contributed by atoms with E-state index in [-0.39, 0.29) is 28.9 Å². The number of carbonyl (C=O) groups is 3. The van der Waals surface area contributed by atoms with Gasteiger partial charge in [-0.25, -0.2) is 14.6 Å². The first kappa shape index (κ1) is 20.7. The fourth-order valence-corrected chi connectivity index (χ4v) is 2.98. The smallest absolute Gasteiger partial charge is 0.337 e. The number of fused-ring (bicyclic) bond motifs is 1. The number of aryl methyl sites for hydroxylation is 1. The molecular formula is C21H19N3O6. The molecule has 0 saturated heterocycles. The van der Waals surface area contributed by atoms with Crippen molar-refractivity contribution in [3.8, 4) is 0 Å². The number of nitrogens with one attached hydrogen (secondary N) is 1. The quantitative estimate of drug-likeness (QED) is 0.640. The predicted octanol–water partition coefficient (Wildman–Crippen LogP) is 1.92. The fraction of sp³-hybridized carbons (Fsp3) is 0.190. The van der Waals surface area contributed by atoms with E-state index in [1.165, 1.54) is 37.0 Å². The molecule has 0 atom stereocenters. The highest BCUT2D eigenvalue weighted by Gasteiger charge is 2.16. The van der Waals surface area contributed by atoms with Crippen LogP contribution in [0.15, 0.2) is 47.3 Å². The lowest BCUT2D eigenvalue weighted by Gasteiger charge is -2.12. The normalized spacial score (nSPS) is 10.5. The van der Waals surface area contributed by atoms with Gasteiger partial charge in [-0.2, -0.15) is 0 Å². The van der Waals surface area contributed by atoms with Crippen molar-refractivity contribution < 1.29 is 23.9 Å².